The SMILES string of the molecule is CC(C)(C)OC(=O)N1[C@@H]2CCC1(C)CN(c1nc(OCC3(CN4CC[C@@H](F)C4)CC3)nc3c(F)c(Br)c(F)cc13)C2. The summed E-state index contributed by atoms with van der Waals surface area (Å²) in [6.45, 7) is 10.6. The van der Waals surface area contributed by atoms with E-state index in [0.717, 1.165) is 38.8 Å². The molecule has 3 saturated heterocycles. The zero-order chi connectivity index (χ0) is 29.3. The third-order valence-corrected chi connectivity index (χ3v) is 9.57. The number of rotatable bonds is 6. The number of alkyl halides is 1. The third kappa shape index (κ3) is 5.58. The Balaban J connectivity index is 1.29. The summed E-state index contributed by atoms with van der Waals surface area (Å²) in [5.41, 5.74) is -1.30. The highest BCUT2D eigenvalue weighted by atomic mass is 79.9. The molecule has 1 amide bonds. The fourth-order valence-electron chi connectivity index (χ4n) is 6.66. The van der Waals surface area contributed by atoms with E-state index in [4.69, 9.17) is 14.5 Å². The van der Waals surface area contributed by atoms with E-state index in [9.17, 15) is 13.6 Å². The number of likely N-dealkylation sites (tertiary alicyclic amines) is 1. The van der Waals surface area contributed by atoms with Crippen LogP contribution in [0.15, 0.2) is 10.5 Å². The first-order valence-electron chi connectivity index (χ1n) is 14.4. The van der Waals surface area contributed by atoms with Crippen LogP contribution >= 0.6 is 15.9 Å². The standard InChI is InChI=1S/C29H37BrF3N5O3/c1-27(2,3)41-26(39)38-18-5-7-28(38,4)14-37(13-18)24-19-11-20(32)21(30)22(33)23(19)34-25(35-24)40-16-29(8-9-29)15-36-10-6-17(31)12-36/h11,17-18H,5-10,12-16H2,1-4H3/t17-,18-,28?/m1/s1. The molecule has 8 nitrogen and oxygen atoms in total. The van der Waals surface area contributed by atoms with Gasteiger partial charge in [0.2, 0.25) is 0 Å². The van der Waals surface area contributed by atoms with E-state index in [1.54, 1.807) is 0 Å². The fourth-order valence-corrected chi connectivity index (χ4v) is 6.96. The fraction of sp³-hybridized carbons (Fsp3) is 0.690. The maximum absolute atomic E-state index is 15.4. The van der Waals surface area contributed by atoms with Gasteiger partial charge in [0, 0.05) is 43.5 Å². The van der Waals surface area contributed by atoms with Crippen molar-refractivity contribution >= 4 is 38.7 Å². The lowest BCUT2D eigenvalue weighted by Crippen LogP contribution is -2.63. The minimum atomic E-state index is -0.817. The number of amides is 1. The van der Waals surface area contributed by atoms with Crippen molar-refractivity contribution in [3.05, 3.63) is 22.2 Å². The number of nitrogens with zero attached hydrogens (tertiary/aromatic N) is 5. The number of ether oxygens (including phenoxy) is 2. The lowest BCUT2D eigenvalue weighted by Gasteiger charge is -2.47. The van der Waals surface area contributed by atoms with Crippen LogP contribution in [0.3, 0.4) is 0 Å². The maximum Gasteiger partial charge on any atom is 0.411 e. The van der Waals surface area contributed by atoms with Gasteiger partial charge in [0.1, 0.15) is 28.9 Å². The number of aromatic nitrogens is 2. The van der Waals surface area contributed by atoms with Crippen LogP contribution < -0.4 is 9.64 Å². The van der Waals surface area contributed by atoms with Gasteiger partial charge in [-0.25, -0.2) is 18.0 Å². The van der Waals surface area contributed by atoms with Crippen LogP contribution in [0.1, 0.15) is 59.8 Å². The molecule has 4 fully saturated rings. The van der Waals surface area contributed by atoms with Gasteiger partial charge >= 0.3 is 12.1 Å². The number of hydrogen-bond acceptors (Lipinski definition) is 7. The van der Waals surface area contributed by atoms with Crippen molar-refractivity contribution in [1.29, 1.82) is 0 Å². The Morgan fingerprint density at radius 1 is 1.17 bits per heavy atom. The number of benzene rings is 1. The predicted octanol–water partition coefficient (Wildman–Crippen LogP) is 5.85. The number of anilines is 1. The van der Waals surface area contributed by atoms with E-state index in [-0.39, 0.29) is 38.9 Å². The lowest BCUT2D eigenvalue weighted by atomic mass is 9.97. The van der Waals surface area contributed by atoms with Gasteiger partial charge in [-0.15, -0.1) is 0 Å². The first-order chi connectivity index (χ1) is 19.3. The largest absolute Gasteiger partial charge is 0.463 e. The molecule has 12 heteroatoms. The molecule has 4 heterocycles. The van der Waals surface area contributed by atoms with Gasteiger partial charge in [0.05, 0.1) is 22.7 Å². The van der Waals surface area contributed by atoms with Crippen molar-refractivity contribution in [2.45, 2.75) is 83.2 Å². The Bertz CT molecular complexity index is 1370. The molecule has 6 rings (SSSR count). The summed E-state index contributed by atoms with van der Waals surface area (Å²) in [7, 11) is 0. The van der Waals surface area contributed by atoms with Crippen molar-refractivity contribution in [2.75, 3.05) is 44.2 Å². The quantitative estimate of drug-likeness (QED) is 0.367. The second-order valence-electron chi connectivity index (χ2n) is 13.5. The molecule has 2 aromatic rings. The maximum atomic E-state index is 15.4. The van der Waals surface area contributed by atoms with Gasteiger partial charge in [0.25, 0.3) is 0 Å². The number of carbonyl (C=O) groups excluding carboxylic acids is 1. The van der Waals surface area contributed by atoms with Crippen molar-refractivity contribution in [3.63, 3.8) is 0 Å². The van der Waals surface area contributed by atoms with Crippen molar-refractivity contribution in [2.24, 2.45) is 5.41 Å². The summed E-state index contributed by atoms with van der Waals surface area (Å²) in [6.07, 6.45) is 2.88. The van der Waals surface area contributed by atoms with Crippen molar-refractivity contribution < 1.29 is 27.4 Å². The summed E-state index contributed by atoms with van der Waals surface area (Å²) in [5, 5.41) is 0.247. The number of halogens is 4. The molecule has 41 heavy (non-hydrogen) atoms. The van der Waals surface area contributed by atoms with Gasteiger partial charge in [-0.2, -0.15) is 9.97 Å². The summed E-state index contributed by atoms with van der Waals surface area (Å²) in [6, 6.07) is 1.13. The lowest BCUT2D eigenvalue weighted by molar-refractivity contribution is -0.00280. The molecule has 1 aliphatic carbocycles. The van der Waals surface area contributed by atoms with Gasteiger partial charge in [-0.05, 0) is 81.8 Å². The predicted molar refractivity (Wildman–Crippen MR) is 152 cm³/mol. The van der Waals surface area contributed by atoms with Crippen LogP contribution in [0, 0.1) is 17.0 Å². The molecule has 0 N–H and O–H groups in total. The Kier molecular flexibility index (Phi) is 7.11. The first kappa shape index (κ1) is 28.8. The first-order valence-corrected chi connectivity index (χ1v) is 15.2. The Morgan fingerprint density at radius 3 is 2.56 bits per heavy atom. The van der Waals surface area contributed by atoms with Crippen LogP contribution in [-0.2, 0) is 4.74 Å². The normalized spacial score (nSPS) is 27.5. The molecule has 0 spiro atoms. The Morgan fingerprint density at radius 2 is 1.93 bits per heavy atom. The van der Waals surface area contributed by atoms with Crippen LogP contribution in [-0.4, -0.2) is 88.5 Å². The van der Waals surface area contributed by atoms with E-state index in [0.29, 0.717) is 38.5 Å². The highest BCUT2D eigenvalue weighted by Gasteiger charge is 2.52. The van der Waals surface area contributed by atoms with Gasteiger partial charge in [-0.3, -0.25) is 9.80 Å². The number of hydrogen-bond donors (Lipinski definition) is 0. The third-order valence-electron chi connectivity index (χ3n) is 8.84. The van der Waals surface area contributed by atoms with Crippen molar-refractivity contribution in [3.8, 4) is 6.01 Å². The second kappa shape index (κ2) is 10.1. The highest BCUT2D eigenvalue weighted by Crippen LogP contribution is 2.47. The van der Waals surface area contributed by atoms with Gasteiger partial charge in [-0.1, -0.05) is 0 Å². The molecule has 1 aromatic carbocycles. The van der Waals surface area contributed by atoms with E-state index < -0.39 is 28.9 Å². The Labute approximate surface area is 246 Å². The minimum absolute atomic E-state index is 0.0213. The molecule has 1 unspecified atom stereocenters. The van der Waals surface area contributed by atoms with Crippen LogP contribution in [0.25, 0.3) is 10.9 Å². The average molecular weight is 641 g/mol. The molecule has 1 saturated carbocycles. The molecule has 0 radical (unpaired) electrons. The Hall–Kier alpha value is -2.34. The van der Waals surface area contributed by atoms with Crippen LogP contribution in [0.5, 0.6) is 6.01 Å². The number of carbonyl (C=O) groups is 1. The molecule has 3 aliphatic heterocycles. The van der Waals surface area contributed by atoms with Crippen LogP contribution in [0.4, 0.5) is 23.8 Å². The van der Waals surface area contributed by atoms with E-state index in [2.05, 4.69) is 25.8 Å². The van der Waals surface area contributed by atoms with E-state index >= 15 is 4.39 Å². The molecule has 2 bridgehead atoms. The summed E-state index contributed by atoms with van der Waals surface area (Å²) < 4.78 is 55.4. The number of fused-ring (bicyclic) bond motifs is 3. The molecular formula is C29H37BrF3N5O3. The van der Waals surface area contributed by atoms with Gasteiger partial charge in [0.15, 0.2) is 5.82 Å². The monoisotopic (exact) mass is 639 g/mol. The zero-order valence-electron chi connectivity index (χ0n) is 24.0. The second-order valence-corrected chi connectivity index (χ2v) is 14.3. The molecular weight excluding hydrogens is 603 g/mol. The summed E-state index contributed by atoms with van der Waals surface area (Å²) in [5.74, 6) is -1.19. The topological polar surface area (TPSA) is 71.0 Å². The molecule has 224 valence electrons. The van der Waals surface area contributed by atoms with Crippen LogP contribution in [0.2, 0.25) is 0 Å². The summed E-state index contributed by atoms with van der Waals surface area (Å²) in [4.78, 5) is 28.2. The van der Waals surface area contributed by atoms with E-state index in [1.807, 2.05) is 37.5 Å². The van der Waals surface area contributed by atoms with E-state index in [1.165, 1.54) is 6.07 Å². The van der Waals surface area contributed by atoms with Crippen molar-refractivity contribution in [1.82, 2.24) is 19.8 Å². The molecule has 4 aliphatic rings. The minimum Gasteiger partial charge on any atom is -0.463 e. The highest BCUT2D eigenvalue weighted by molar-refractivity contribution is 9.10. The average Bonchev–Trinajstić information content (AvgIpc) is 3.47. The number of piperazine rings is 1. The molecule has 3 atom stereocenters. The van der Waals surface area contributed by atoms with Gasteiger partial charge < -0.3 is 14.4 Å². The summed E-state index contributed by atoms with van der Waals surface area (Å²) >= 11 is 3.01. The smallest absolute Gasteiger partial charge is 0.411 e. The zero-order valence-corrected chi connectivity index (χ0v) is 25.6. The molecule has 1 aromatic heterocycles.